The molecule has 0 spiro atoms. The van der Waals surface area contributed by atoms with Crippen molar-refractivity contribution in [3.63, 3.8) is 0 Å². The van der Waals surface area contributed by atoms with Gasteiger partial charge in [0.2, 0.25) is 0 Å². The van der Waals surface area contributed by atoms with E-state index in [1.54, 1.807) is 0 Å². The molecule has 0 aliphatic heterocycles. The van der Waals surface area contributed by atoms with Crippen LogP contribution in [-0.2, 0) is 0 Å². The van der Waals surface area contributed by atoms with E-state index in [1.165, 1.54) is 0 Å². The lowest BCUT2D eigenvalue weighted by molar-refractivity contribution is 0.748. The molecule has 0 bridgehead atoms. The Balaban J connectivity index is 3.94. The zero-order valence-electron chi connectivity index (χ0n) is 7.60. The summed E-state index contributed by atoms with van der Waals surface area (Å²) in [6.45, 7) is 6.57. The molecule has 0 aromatic rings. The Morgan fingerprint density at radius 1 is 1.50 bits per heavy atom. The summed E-state index contributed by atoms with van der Waals surface area (Å²) < 4.78 is 2.35. The van der Waals surface area contributed by atoms with Gasteiger partial charge in [-0.15, -0.1) is 0 Å². The van der Waals surface area contributed by atoms with Crippen molar-refractivity contribution in [2.24, 2.45) is 5.40 Å². The van der Waals surface area contributed by atoms with Crippen LogP contribution in [0.4, 0.5) is 0 Å². The summed E-state index contributed by atoms with van der Waals surface area (Å²) >= 11 is 0. The van der Waals surface area contributed by atoms with E-state index < -0.39 is 17.5 Å². The number of nitrogens with two attached hydrogens (primary N) is 1. The molecular weight excluding hydrogens is 158 g/mol. The van der Waals surface area contributed by atoms with E-state index in [-0.39, 0.29) is 0 Å². The molecule has 0 rings (SSSR count). The number of hydrogen-bond acceptors (Lipinski definition) is 3. The van der Waals surface area contributed by atoms with Crippen LogP contribution in [0.5, 0.6) is 0 Å². The second-order valence-corrected chi connectivity index (χ2v) is 10.5. The average molecular weight is 177 g/mol. The lowest BCUT2D eigenvalue weighted by atomic mass is 11.6. The third-order valence-corrected chi connectivity index (χ3v) is 8.88. The highest BCUT2D eigenvalue weighted by molar-refractivity contribution is 6.80. The number of rotatable bonds is 3. The van der Waals surface area contributed by atoms with Crippen LogP contribution >= 0.6 is 0 Å². The first kappa shape index (κ1) is 10.3. The van der Waals surface area contributed by atoms with Crippen LogP contribution in [0.3, 0.4) is 0 Å². The van der Waals surface area contributed by atoms with Gasteiger partial charge in [0.05, 0.1) is 0 Å². The minimum atomic E-state index is -1.51. The maximum absolute atomic E-state index is 6.02. The zero-order chi connectivity index (χ0) is 8.36. The monoisotopic (exact) mass is 177 g/mol. The minimum Gasteiger partial charge on any atom is -0.339 e. The van der Waals surface area contributed by atoms with E-state index >= 15 is 0 Å². The predicted octanol–water partition coefficient (Wildman–Crippen LogP) is -0.352. The van der Waals surface area contributed by atoms with Gasteiger partial charge < -0.3 is 14.6 Å². The van der Waals surface area contributed by atoms with Crippen molar-refractivity contribution in [2.45, 2.75) is 19.6 Å². The molecule has 10 heavy (non-hydrogen) atoms. The van der Waals surface area contributed by atoms with Crippen LogP contribution < -0.4 is 10.4 Å². The van der Waals surface area contributed by atoms with Crippen LogP contribution in [0.2, 0.25) is 19.6 Å². The van der Waals surface area contributed by atoms with E-state index in [2.05, 4.69) is 35.9 Å². The van der Waals surface area contributed by atoms with Gasteiger partial charge in [-0.2, -0.15) is 0 Å². The van der Waals surface area contributed by atoms with Crippen LogP contribution in [0.15, 0.2) is 0 Å². The normalized spacial score (nSPS) is 15.9. The van der Waals surface area contributed by atoms with Gasteiger partial charge in [0.1, 0.15) is 0 Å². The molecule has 0 aliphatic rings. The first-order valence-electron chi connectivity index (χ1n) is 3.58. The van der Waals surface area contributed by atoms with Gasteiger partial charge >= 0.3 is 0 Å². The fourth-order valence-electron chi connectivity index (χ4n) is 0.693. The Morgan fingerprint density at radius 3 is 2.00 bits per heavy atom. The molecule has 0 saturated carbocycles. The molecule has 1 unspecified atom stereocenters. The predicted molar refractivity (Wildman–Crippen MR) is 51.5 cm³/mol. The van der Waals surface area contributed by atoms with E-state index in [0.29, 0.717) is 0 Å². The smallest absolute Gasteiger partial charge is 0.188 e. The maximum atomic E-state index is 6.02. The third-order valence-electron chi connectivity index (χ3n) is 1.91. The summed E-state index contributed by atoms with van der Waals surface area (Å²) in [7, 11) is 1.74. The van der Waals surface area contributed by atoms with Crippen molar-refractivity contribution in [3.8, 4) is 0 Å². The molecule has 3 N–H and O–H groups in total. The van der Waals surface area contributed by atoms with E-state index in [9.17, 15) is 0 Å². The van der Waals surface area contributed by atoms with Gasteiger partial charge in [-0.1, -0.05) is 0 Å². The molecule has 3 nitrogen and oxygen atoms in total. The fourth-order valence-corrected chi connectivity index (χ4v) is 5.46. The van der Waals surface area contributed by atoms with Crippen molar-refractivity contribution >= 4 is 17.5 Å². The standard InChI is InChI=1S/C5H19N3Si2/c1-7-9(3)8(2)10(4,5)6/h7,9H,6H2,1-5H3. The van der Waals surface area contributed by atoms with E-state index in [4.69, 9.17) is 5.40 Å². The van der Waals surface area contributed by atoms with Gasteiger partial charge in [-0.25, -0.2) is 0 Å². The first-order chi connectivity index (χ1) is 4.39. The molecule has 0 heterocycles. The summed E-state index contributed by atoms with van der Waals surface area (Å²) in [5.74, 6) is 0. The molecule has 5 heteroatoms. The Bertz CT molecular complexity index is 102. The van der Waals surface area contributed by atoms with Gasteiger partial charge in [0.25, 0.3) is 0 Å². The SMILES string of the molecule is CN[SiH](C)N(C)[Si](C)(C)N. The van der Waals surface area contributed by atoms with Crippen LogP contribution in [0, 0.1) is 0 Å². The van der Waals surface area contributed by atoms with Gasteiger partial charge in [-0.3, -0.25) is 0 Å². The van der Waals surface area contributed by atoms with Crippen molar-refractivity contribution in [1.82, 2.24) is 9.21 Å². The topological polar surface area (TPSA) is 41.3 Å². The largest absolute Gasteiger partial charge is 0.339 e. The molecule has 1 atom stereocenters. The third kappa shape index (κ3) is 2.93. The lowest BCUT2D eigenvalue weighted by Crippen LogP contribution is -2.63. The molecular formula is C5H19N3Si2. The minimum absolute atomic E-state index is 0.880. The first-order valence-corrected chi connectivity index (χ1v) is 8.86. The highest BCUT2D eigenvalue weighted by Gasteiger charge is 2.25. The fraction of sp³-hybridized carbons (Fsp3) is 1.00. The summed E-state index contributed by atoms with van der Waals surface area (Å²) in [4.78, 5) is 3.29. The van der Waals surface area contributed by atoms with Gasteiger partial charge in [-0.05, 0) is 33.7 Å². The summed E-state index contributed by atoms with van der Waals surface area (Å²) in [5, 5.41) is 6.02. The summed E-state index contributed by atoms with van der Waals surface area (Å²) in [5.41, 5.74) is 0. The Hall–Kier alpha value is 0.314. The van der Waals surface area contributed by atoms with Crippen LogP contribution in [0.1, 0.15) is 0 Å². The number of nitrogens with zero attached hydrogens (tertiary/aromatic N) is 1. The molecule has 0 aliphatic carbocycles. The second-order valence-electron chi connectivity index (χ2n) is 3.23. The number of nitrogens with one attached hydrogen (secondary N) is 1. The maximum Gasteiger partial charge on any atom is 0.188 e. The van der Waals surface area contributed by atoms with Crippen molar-refractivity contribution in [1.29, 1.82) is 0 Å². The van der Waals surface area contributed by atoms with Gasteiger partial charge in [0.15, 0.2) is 17.5 Å². The van der Waals surface area contributed by atoms with Crippen molar-refractivity contribution in [2.75, 3.05) is 14.1 Å². The second kappa shape index (κ2) is 3.63. The molecule has 0 aromatic carbocycles. The molecule has 0 amide bonds. The number of hydrogen-bond donors (Lipinski definition) is 2. The highest BCUT2D eigenvalue weighted by atomic mass is 28.4. The van der Waals surface area contributed by atoms with E-state index in [0.717, 1.165) is 0 Å². The van der Waals surface area contributed by atoms with Crippen LogP contribution in [0.25, 0.3) is 0 Å². The Labute approximate surface area is 66.5 Å². The van der Waals surface area contributed by atoms with Crippen LogP contribution in [-0.4, -0.2) is 35.8 Å². The van der Waals surface area contributed by atoms with Crippen molar-refractivity contribution in [3.05, 3.63) is 0 Å². The quantitative estimate of drug-likeness (QED) is 0.579. The lowest BCUT2D eigenvalue weighted by Gasteiger charge is -2.33. The zero-order valence-corrected chi connectivity index (χ0v) is 9.76. The summed E-state index contributed by atoms with van der Waals surface area (Å²) in [6.07, 6.45) is 0. The highest BCUT2D eigenvalue weighted by Crippen LogP contribution is 1.99. The molecule has 0 fully saturated rings. The molecule has 0 aromatic heterocycles. The Morgan fingerprint density at radius 2 is 1.90 bits per heavy atom. The average Bonchev–Trinajstić information content (AvgIpc) is 1.83. The Kier molecular flexibility index (Phi) is 3.75. The molecule has 62 valence electrons. The van der Waals surface area contributed by atoms with E-state index in [1.807, 2.05) is 7.05 Å². The molecule has 0 radical (unpaired) electrons. The van der Waals surface area contributed by atoms with Gasteiger partial charge in [0, 0.05) is 0 Å². The molecule has 0 saturated heterocycles. The van der Waals surface area contributed by atoms with Crippen molar-refractivity contribution < 1.29 is 0 Å². The summed E-state index contributed by atoms with van der Waals surface area (Å²) in [6, 6.07) is 0.